The molecule has 1 saturated carbocycles. The quantitative estimate of drug-likeness (QED) is 0.749. The van der Waals surface area contributed by atoms with E-state index >= 15 is 0 Å². The number of carbonyl (C=O) groups is 1. The Labute approximate surface area is 157 Å². The van der Waals surface area contributed by atoms with Gasteiger partial charge < -0.3 is 5.32 Å². The fourth-order valence-corrected chi connectivity index (χ4v) is 3.57. The molecule has 0 saturated heterocycles. The lowest BCUT2D eigenvalue weighted by molar-refractivity contribution is -0.130. The number of carbonyl (C=O) groups excluding carboxylic acids is 1. The van der Waals surface area contributed by atoms with Gasteiger partial charge in [-0.25, -0.2) is 9.97 Å². The molecule has 0 unspecified atom stereocenters. The third-order valence-corrected chi connectivity index (χ3v) is 5.29. The first-order chi connectivity index (χ1) is 12.7. The number of hydrogen-bond acceptors (Lipinski definition) is 3. The molecule has 1 fully saturated rings. The fraction of sp³-hybridized carbons (Fsp3) is 0.250. The van der Waals surface area contributed by atoms with Crippen LogP contribution in [-0.4, -0.2) is 20.4 Å². The summed E-state index contributed by atoms with van der Waals surface area (Å²) in [6, 6.07) is 11.5. The number of aromatic nitrogens is 3. The van der Waals surface area contributed by atoms with E-state index in [0.717, 1.165) is 36.2 Å². The smallest absolute Gasteiger partial charge is 0.230 e. The first-order valence-corrected chi connectivity index (χ1v) is 9.03. The summed E-state index contributed by atoms with van der Waals surface area (Å²) in [5, 5.41) is 3.74. The number of benzene rings is 1. The molecular formula is C20H19ClN4O. The summed E-state index contributed by atoms with van der Waals surface area (Å²) in [7, 11) is 0. The van der Waals surface area contributed by atoms with Crippen LogP contribution in [-0.2, 0) is 16.8 Å². The van der Waals surface area contributed by atoms with Crippen LogP contribution in [0.25, 0.3) is 5.82 Å². The molecule has 1 aliphatic carbocycles. The summed E-state index contributed by atoms with van der Waals surface area (Å²) in [4.78, 5) is 21.3. The zero-order valence-electron chi connectivity index (χ0n) is 14.2. The topological polar surface area (TPSA) is 59.8 Å². The van der Waals surface area contributed by atoms with Gasteiger partial charge in [-0.2, -0.15) is 0 Å². The van der Waals surface area contributed by atoms with Gasteiger partial charge in [0.15, 0.2) is 0 Å². The second-order valence-corrected chi connectivity index (χ2v) is 7.06. The van der Waals surface area contributed by atoms with Crippen molar-refractivity contribution in [2.45, 2.75) is 31.2 Å². The molecule has 0 bridgehead atoms. The van der Waals surface area contributed by atoms with Crippen LogP contribution in [0.5, 0.6) is 0 Å². The van der Waals surface area contributed by atoms with Crippen molar-refractivity contribution in [2.75, 3.05) is 0 Å². The Bertz CT molecular complexity index is 902. The second kappa shape index (κ2) is 6.92. The largest absolute Gasteiger partial charge is 0.351 e. The maximum absolute atomic E-state index is 12.9. The molecule has 1 N–H and O–H groups in total. The number of pyridine rings is 1. The minimum atomic E-state index is -0.449. The van der Waals surface area contributed by atoms with E-state index in [1.54, 1.807) is 18.7 Å². The van der Waals surface area contributed by atoms with Gasteiger partial charge in [0.2, 0.25) is 5.91 Å². The Kier molecular flexibility index (Phi) is 4.47. The predicted octanol–water partition coefficient (Wildman–Crippen LogP) is 3.66. The summed E-state index contributed by atoms with van der Waals surface area (Å²) in [6.07, 6.45) is 9.81. The molecule has 26 heavy (non-hydrogen) atoms. The highest BCUT2D eigenvalue weighted by molar-refractivity contribution is 6.30. The average Bonchev–Trinajstić information content (AvgIpc) is 3.14. The van der Waals surface area contributed by atoms with Crippen molar-refractivity contribution in [3.63, 3.8) is 0 Å². The number of amides is 1. The Balaban J connectivity index is 1.44. The Morgan fingerprint density at radius 2 is 2.15 bits per heavy atom. The van der Waals surface area contributed by atoms with Gasteiger partial charge in [0, 0.05) is 30.2 Å². The fourth-order valence-electron chi connectivity index (χ4n) is 3.38. The monoisotopic (exact) mass is 366 g/mol. The van der Waals surface area contributed by atoms with Gasteiger partial charge in [-0.3, -0.25) is 9.36 Å². The van der Waals surface area contributed by atoms with Crippen molar-refractivity contribution in [3.05, 3.63) is 77.5 Å². The van der Waals surface area contributed by atoms with Gasteiger partial charge in [0.25, 0.3) is 0 Å². The first-order valence-electron chi connectivity index (χ1n) is 8.65. The van der Waals surface area contributed by atoms with Crippen LogP contribution in [0.15, 0.2) is 61.3 Å². The van der Waals surface area contributed by atoms with Crippen LogP contribution in [0, 0.1) is 0 Å². The molecule has 1 aromatic carbocycles. The van der Waals surface area contributed by atoms with Crippen molar-refractivity contribution < 1.29 is 4.79 Å². The third kappa shape index (κ3) is 3.10. The van der Waals surface area contributed by atoms with E-state index in [-0.39, 0.29) is 5.91 Å². The summed E-state index contributed by atoms with van der Waals surface area (Å²) in [5.41, 5.74) is 1.51. The molecule has 2 aromatic heterocycles. The van der Waals surface area contributed by atoms with Gasteiger partial charge in [0.1, 0.15) is 12.1 Å². The number of nitrogens with one attached hydrogen (secondary N) is 1. The summed E-state index contributed by atoms with van der Waals surface area (Å²) < 4.78 is 1.84. The Hall–Kier alpha value is -2.66. The lowest BCUT2D eigenvalue weighted by Crippen LogP contribution is -2.49. The summed E-state index contributed by atoms with van der Waals surface area (Å²) >= 11 is 6.12. The van der Waals surface area contributed by atoms with Crippen molar-refractivity contribution in [1.82, 2.24) is 19.9 Å². The maximum atomic E-state index is 12.9. The molecule has 3 aromatic rings. The van der Waals surface area contributed by atoms with Gasteiger partial charge in [-0.15, -0.1) is 0 Å². The van der Waals surface area contributed by atoms with Crippen molar-refractivity contribution in [3.8, 4) is 5.82 Å². The molecular weight excluding hydrogens is 348 g/mol. The van der Waals surface area contributed by atoms with Gasteiger partial charge in [-0.05, 0) is 42.2 Å². The van der Waals surface area contributed by atoms with Gasteiger partial charge in [-0.1, -0.05) is 36.2 Å². The molecule has 132 valence electrons. The average molecular weight is 367 g/mol. The molecule has 4 rings (SSSR count). The lowest BCUT2D eigenvalue weighted by Gasteiger charge is -2.40. The van der Waals surface area contributed by atoms with Crippen molar-refractivity contribution in [1.29, 1.82) is 0 Å². The highest BCUT2D eigenvalue weighted by Gasteiger charge is 2.45. The highest BCUT2D eigenvalue weighted by atomic mass is 35.5. The van der Waals surface area contributed by atoms with Gasteiger partial charge >= 0.3 is 0 Å². The molecule has 5 nitrogen and oxygen atoms in total. The first kappa shape index (κ1) is 16.8. The van der Waals surface area contributed by atoms with E-state index in [2.05, 4.69) is 15.3 Å². The molecule has 0 atom stereocenters. The molecule has 6 heteroatoms. The van der Waals surface area contributed by atoms with Crippen LogP contribution in [0.2, 0.25) is 5.02 Å². The lowest BCUT2D eigenvalue weighted by atomic mass is 9.64. The Morgan fingerprint density at radius 3 is 2.77 bits per heavy atom. The van der Waals surface area contributed by atoms with Crippen LogP contribution in [0.1, 0.15) is 30.4 Å². The molecule has 0 spiro atoms. The van der Waals surface area contributed by atoms with Crippen molar-refractivity contribution in [2.24, 2.45) is 0 Å². The minimum Gasteiger partial charge on any atom is -0.351 e. The van der Waals surface area contributed by atoms with E-state index < -0.39 is 5.41 Å². The maximum Gasteiger partial charge on any atom is 0.230 e. The van der Waals surface area contributed by atoms with Crippen LogP contribution in [0.4, 0.5) is 0 Å². The number of rotatable bonds is 5. The molecule has 2 heterocycles. The number of nitrogens with zero attached hydrogens (tertiary/aromatic N) is 3. The van der Waals surface area contributed by atoms with Crippen LogP contribution in [0.3, 0.4) is 0 Å². The van der Waals surface area contributed by atoms with E-state index in [0.29, 0.717) is 11.6 Å². The third-order valence-electron chi connectivity index (χ3n) is 5.05. The molecule has 0 radical (unpaired) electrons. The standard InChI is InChI=1S/C20H19ClN4O/c21-17-4-1-3-16(11-17)20(7-2-8-20)19(26)24-13-15-5-6-18(23-12-15)25-10-9-22-14-25/h1,3-6,9-12,14H,2,7-8,13H2,(H,24,26). The predicted molar refractivity (Wildman–Crippen MR) is 100 cm³/mol. The number of imidazole rings is 1. The molecule has 1 aliphatic rings. The van der Waals surface area contributed by atoms with Crippen molar-refractivity contribution >= 4 is 17.5 Å². The SMILES string of the molecule is O=C(NCc1ccc(-n2ccnc2)nc1)C1(c2cccc(Cl)c2)CCC1. The normalized spacial score (nSPS) is 15.3. The second-order valence-electron chi connectivity index (χ2n) is 6.62. The Morgan fingerprint density at radius 1 is 1.27 bits per heavy atom. The van der Waals surface area contributed by atoms with E-state index in [1.165, 1.54) is 0 Å². The van der Waals surface area contributed by atoms with Gasteiger partial charge in [0.05, 0.1) is 5.41 Å². The summed E-state index contributed by atoms with van der Waals surface area (Å²) in [5.74, 6) is 0.858. The highest BCUT2D eigenvalue weighted by Crippen LogP contribution is 2.44. The molecule has 0 aliphatic heterocycles. The minimum absolute atomic E-state index is 0.0599. The van der Waals surface area contributed by atoms with Crippen LogP contribution >= 0.6 is 11.6 Å². The van der Waals surface area contributed by atoms with E-state index in [4.69, 9.17) is 11.6 Å². The van der Waals surface area contributed by atoms with Crippen LogP contribution < -0.4 is 5.32 Å². The zero-order chi connectivity index (χ0) is 18.0. The summed E-state index contributed by atoms with van der Waals surface area (Å²) in [6.45, 7) is 0.457. The molecule has 1 amide bonds. The number of halogens is 1. The van der Waals surface area contributed by atoms with E-state index in [1.807, 2.05) is 47.2 Å². The zero-order valence-corrected chi connectivity index (χ0v) is 15.0. The van der Waals surface area contributed by atoms with E-state index in [9.17, 15) is 4.79 Å². The number of hydrogen-bond donors (Lipinski definition) is 1.